The largest absolute Gasteiger partial charge is 0.480 e. The van der Waals surface area contributed by atoms with Crippen molar-refractivity contribution < 1.29 is 33.4 Å². The number of ether oxygens (including phenoxy) is 2. The van der Waals surface area contributed by atoms with Crippen LogP contribution in [0.1, 0.15) is 36.7 Å². The van der Waals surface area contributed by atoms with Crippen LogP contribution in [0.25, 0.3) is 0 Å². The minimum atomic E-state index is -1.30. The van der Waals surface area contributed by atoms with Crippen LogP contribution in [0.4, 0.5) is 9.18 Å². The van der Waals surface area contributed by atoms with Gasteiger partial charge in [0.2, 0.25) is 0 Å². The number of halogens is 1. The predicted molar refractivity (Wildman–Crippen MR) is 82.2 cm³/mol. The van der Waals surface area contributed by atoms with Gasteiger partial charge in [0.1, 0.15) is 17.5 Å². The van der Waals surface area contributed by atoms with Crippen LogP contribution in [0.2, 0.25) is 0 Å². The number of carbonyl (C=O) groups excluding carboxylic acids is 2. The third-order valence-electron chi connectivity index (χ3n) is 2.86. The topological polar surface area (TPSA) is 102 Å². The maximum atomic E-state index is 13.6. The predicted octanol–water partition coefficient (Wildman–Crippen LogP) is 2.13. The molecule has 1 rings (SSSR count). The van der Waals surface area contributed by atoms with Crippen LogP contribution in [0.3, 0.4) is 0 Å². The van der Waals surface area contributed by atoms with Crippen LogP contribution in [0.15, 0.2) is 18.2 Å². The van der Waals surface area contributed by atoms with Crippen LogP contribution in [0.5, 0.6) is 0 Å². The number of carbonyl (C=O) groups is 3. The van der Waals surface area contributed by atoms with Crippen LogP contribution < -0.4 is 5.32 Å². The Morgan fingerprint density at radius 1 is 1.29 bits per heavy atom. The molecule has 24 heavy (non-hydrogen) atoms. The fourth-order valence-electron chi connectivity index (χ4n) is 1.85. The van der Waals surface area contributed by atoms with E-state index >= 15 is 0 Å². The maximum absolute atomic E-state index is 13.6. The van der Waals surface area contributed by atoms with Gasteiger partial charge in [-0.15, -0.1) is 0 Å². The first-order valence-electron chi connectivity index (χ1n) is 7.12. The molecule has 7 nitrogen and oxygen atoms in total. The zero-order valence-corrected chi connectivity index (χ0v) is 13.9. The molecule has 132 valence electrons. The van der Waals surface area contributed by atoms with E-state index in [1.54, 1.807) is 20.8 Å². The number of carboxylic acids is 1. The summed E-state index contributed by atoms with van der Waals surface area (Å²) < 4.78 is 23.1. The molecule has 0 saturated carbocycles. The summed E-state index contributed by atoms with van der Waals surface area (Å²) in [5, 5.41) is 11.5. The zero-order valence-electron chi connectivity index (χ0n) is 13.9. The van der Waals surface area contributed by atoms with Gasteiger partial charge in [-0.2, -0.15) is 0 Å². The number of benzene rings is 1. The lowest BCUT2D eigenvalue weighted by Gasteiger charge is -2.22. The van der Waals surface area contributed by atoms with Gasteiger partial charge in [-0.25, -0.2) is 18.8 Å². The molecule has 0 spiro atoms. The van der Waals surface area contributed by atoms with Crippen molar-refractivity contribution in [1.29, 1.82) is 0 Å². The fraction of sp³-hybridized carbons (Fsp3) is 0.438. The minimum absolute atomic E-state index is 0.154. The van der Waals surface area contributed by atoms with E-state index < -0.39 is 35.5 Å². The molecule has 0 heterocycles. The normalized spacial score (nSPS) is 12.2. The first-order chi connectivity index (χ1) is 11.0. The number of rotatable bonds is 5. The van der Waals surface area contributed by atoms with E-state index in [1.165, 1.54) is 12.1 Å². The number of carboxylic acid groups (broad SMARTS) is 1. The summed E-state index contributed by atoms with van der Waals surface area (Å²) in [5.74, 6) is -2.94. The second-order valence-corrected chi connectivity index (χ2v) is 6.05. The van der Waals surface area contributed by atoms with Gasteiger partial charge in [-0.1, -0.05) is 6.07 Å². The van der Waals surface area contributed by atoms with Gasteiger partial charge >= 0.3 is 18.0 Å². The molecule has 2 N–H and O–H groups in total. The van der Waals surface area contributed by atoms with E-state index in [1.807, 2.05) is 0 Å². The smallest absolute Gasteiger partial charge is 0.408 e. The quantitative estimate of drug-likeness (QED) is 0.796. The lowest BCUT2D eigenvalue weighted by molar-refractivity contribution is -0.139. The molecule has 0 aromatic heterocycles. The molecule has 1 aromatic carbocycles. The van der Waals surface area contributed by atoms with Gasteiger partial charge in [0, 0.05) is 6.42 Å². The van der Waals surface area contributed by atoms with Crippen molar-refractivity contribution in [2.24, 2.45) is 0 Å². The Kier molecular flexibility index (Phi) is 6.27. The van der Waals surface area contributed by atoms with Crippen LogP contribution in [-0.2, 0) is 20.7 Å². The molecular formula is C16H20FNO6. The van der Waals surface area contributed by atoms with Gasteiger partial charge in [-0.05, 0) is 38.5 Å². The van der Waals surface area contributed by atoms with E-state index in [-0.39, 0.29) is 12.0 Å². The second kappa shape index (κ2) is 7.76. The Bertz CT molecular complexity index is 638. The van der Waals surface area contributed by atoms with Crippen molar-refractivity contribution in [2.75, 3.05) is 7.11 Å². The van der Waals surface area contributed by atoms with Crippen LogP contribution in [-0.4, -0.2) is 41.9 Å². The van der Waals surface area contributed by atoms with Gasteiger partial charge in [0.05, 0.1) is 12.7 Å². The molecule has 0 fully saturated rings. The molecule has 0 radical (unpaired) electrons. The number of aliphatic carboxylic acids is 1. The summed E-state index contributed by atoms with van der Waals surface area (Å²) in [4.78, 5) is 34.5. The number of esters is 1. The van der Waals surface area contributed by atoms with Crippen molar-refractivity contribution >= 4 is 18.0 Å². The zero-order chi connectivity index (χ0) is 18.5. The molecule has 1 atom stereocenters. The first-order valence-corrected chi connectivity index (χ1v) is 7.12. The third kappa shape index (κ3) is 5.86. The van der Waals surface area contributed by atoms with Gasteiger partial charge < -0.3 is 19.9 Å². The number of methoxy groups -OCH3 is 1. The number of hydrogen-bond acceptors (Lipinski definition) is 5. The lowest BCUT2D eigenvalue weighted by Crippen LogP contribution is -2.44. The minimum Gasteiger partial charge on any atom is -0.480 e. The van der Waals surface area contributed by atoms with E-state index in [0.29, 0.717) is 5.56 Å². The van der Waals surface area contributed by atoms with E-state index in [2.05, 4.69) is 10.1 Å². The molecule has 0 aliphatic heterocycles. The average molecular weight is 341 g/mol. The highest BCUT2D eigenvalue weighted by Gasteiger charge is 2.25. The van der Waals surface area contributed by atoms with E-state index in [4.69, 9.17) is 4.74 Å². The van der Waals surface area contributed by atoms with Gasteiger partial charge in [0.25, 0.3) is 0 Å². The molecule has 8 heteroatoms. The Morgan fingerprint density at radius 3 is 2.42 bits per heavy atom. The summed E-state index contributed by atoms with van der Waals surface area (Å²) in [6.45, 7) is 4.93. The SMILES string of the molecule is COC(=O)c1cc(CC(NC(=O)OC(C)(C)C)C(=O)O)ccc1F. The standard InChI is InChI=1S/C16H20FNO6/c1-16(2,3)24-15(22)18-12(13(19)20)8-9-5-6-11(17)10(7-9)14(21)23-4/h5-7,12H,8H2,1-4H3,(H,18,22)(H,19,20). The molecule has 0 aliphatic rings. The third-order valence-corrected chi connectivity index (χ3v) is 2.86. The maximum Gasteiger partial charge on any atom is 0.408 e. The highest BCUT2D eigenvalue weighted by molar-refractivity contribution is 5.90. The Morgan fingerprint density at radius 2 is 1.92 bits per heavy atom. The summed E-state index contributed by atoms with van der Waals surface area (Å²) >= 11 is 0. The highest BCUT2D eigenvalue weighted by atomic mass is 19.1. The fourth-order valence-corrected chi connectivity index (χ4v) is 1.85. The van der Waals surface area contributed by atoms with Crippen LogP contribution in [0, 0.1) is 5.82 Å². The molecule has 1 amide bonds. The number of amides is 1. The highest BCUT2D eigenvalue weighted by Crippen LogP contribution is 2.14. The molecule has 0 saturated heterocycles. The Balaban J connectivity index is 2.92. The Hall–Kier alpha value is -2.64. The van der Waals surface area contributed by atoms with Crippen molar-refractivity contribution in [3.05, 3.63) is 35.1 Å². The van der Waals surface area contributed by atoms with Crippen molar-refractivity contribution in [1.82, 2.24) is 5.32 Å². The van der Waals surface area contributed by atoms with Crippen molar-refractivity contribution in [3.8, 4) is 0 Å². The number of hydrogen-bond donors (Lipinski definition) is 2. The van der Waals surface area contributed by atoms with Crippen molar-refractivity contribution in [2.45, 2.75) is 38.8 Å². The number of nitrogens with one attached hydrogen (secondary N) is 1. The molecule has 1 unspecified atom stereocenters. The van der Waals surface area contributed by atoms with Gasteiger partial charge in [0.15, 0.2) is 0 Å². The van der Waals surface area contributed by atoms with E-state index in [0.717, 1.165) is 13.2 Å². The summed E-state index contributed by atoms with van der Waals surface area (Å²) in [5.41, 5.74) is -0.738. The number of alkyl carbamates (subject to hydrolysis) is 1. The van der Waals surface area contributed by atoms with Gasteiger partial charge in [-0.3, -0.25) is 0 Å². The summed E-state index contributed by atoms with van der Waals surface area (Å²) in [7, 11) is 1.11. The van der Waals surface area contributed by atoms with Crippen LogP contribution >= 0.6 is 0 Å². The molecule has 0 bridgehead atoms. The van der Waals surface area contributed by atoms with E-state index in [9.17, 15) is 23.9 Å². The summed E-state index contributed by atoms with van der Waals surface area (Å²) in [6.07, 6.45) is -1.04. The molecule has 0 aliphatic carbocycles. The lowest BCUT2D eigenvalue weighted by atomic mass is 10.0. The first kappa shape index (κ1) is 19.4. The molecular weight excluding hydrogens is 321 g/mol. The monoisotopic (exact) mass is 341 g/mol. The van der Waals surface area contributed by atoms with Crippen molar-refractivity contribution in [3.63, 3.8) is 0 Å². The summed E-state index contributed by atoms with van der Waals surface area (Å²) in [6, 6.07) is 2.26. The Labute approximate surface area is 138 Å². The molecule has 1 aromatic rings. The average Bonchev–Trinajstić information content (AvgIpc) is 2.45. The second-order valence-electron chi connectivity index (χ2n) is 6.05.